The summed E-state index contributed by atoms with van der Waals surface area (Å²) in [6.45, 7) is 4.56. The predicted molar refractivity (Wildman–Crippen MR) is 87.4 cm³/mol. The number of hydrogen-bond acceptors (Lipinski definition) is 5. The van der Waals surface area contributed by atoms with Gasteiger partial charge in [-0.2, -0.15) is 14.1 Å². The van der Waals surface area contributed by atoms with Gasteiger partial charge in [0.2, 0.25) is 10.0 Å². The third-order valence-corrected chi connectivity index (χ3v) is 6.16. The Bertz CT molecular complexity index is 853. The Morgan fingerprint density at radius 1 is 1.12 bits per heavy atom. The van der Waals surface area contributed by atoms with Gasteiger partial charge in [0, 0.05) is 18.7 Å². The van der Waals surface area contributed by atoms with E-state index in [1.165, 1.54) is 4.31 Å². The number of nitrogens with zero attached hydrogens (tertiary/aromatic N) is 3. The highest BCUT2D eigenvalue weighted by molar-refractivity contribution is 7.89. The lowest BCUT2D eigenvalue weighted by atomic mass is 10.2. The van der Waals surface area contributed by atoms with E-state index in [1.807, 2.05) is 6.07 Å². The molecule has 0 amide bonds. The Balaban J connectivity index is 2.02. The van der Waals surface area contributed by atoms with Crippen molar-refractivity contribution in [3.63, 3.8) is 0 Å². The third kappa shape index (κ3) is 2.88. The van der Waals surface area contributed by atoms with E-state index in [-0.39, 0.29) is 10.8 Å². The Kier molecular flexibility index (Phi) is 4.53. The highest BCUT2D eigenvalue weighted by Crippen LogP contribution is 2.24. The van der Waals surface area contributed by atoms with Crippen LogP contribution in [0.15, 0.2) is 35.2 Å². The van der Waals surface area contributed by atoms with Crippen molar-refractivity contribution >= 4 is 15.9 Å². The molecule has 1 aromatic carbocycles. The van der Waals surface area contributed by atoms with Gasteiger partial charge in [-0.15, -0.1) is 0 Å². The predicted octanol–water partition coefficient (Wildman–Crippen LogP) is 1.21. The van der Waals surface area contributed by atoms with Crippen molar-refractivity contribution in [1.82, 2.24) is 14.1 Å². The minimum atomic E-state index is -3.70. The molecule has 0 unspecified atom stereocenters. The van der Waals surface area contributed by atoms with Crippen LogP contribution in [0.25, 0.3) is 0 Å². The lowest BCUT2D eigenvalue weighted by Gasteiger charge is -2.26. The second kappa shape index (κ2) is 6.46. The summed E-state index contributed by atoms with van der Waals surface area (Å²) in [4.78, 5) is 12.7. The number of morpholine rings is 1. The maximum Gasteiger partial charge on any atom is 0.278 e. The van der Waals surface area contributed by atoms with E-state index in [2.05, 4.69) is 5.10 Å². The second-order valence-electron chi connectivity index (χ2n) is 5.60. The molecule has 2 aromatic rings. The largest absolute Gasteiger partial charge is 0.379 e. The summed E-state index contributed by atoms with van der Waals surface area (Å²) in [5.74, 6) is -0.348. The Morgan fingerprint density at radius 2 is 1.75 bits per heavy atom. The quantitative estimate of drug-likeness (QED) is 0.832. The summed E-state index contributed by atoms with van der Waals surface area (Å²) in [6.07, 6.45) is 0. The number of aryl methyl sites for hydroxylation is 1. The molecule has 8 heteroatoms. The fourth-order valence-corrected chi connectivity index (χ4v) is 4.58. The molecule has 1 saturated heterocycles. The molecule has 0 saturated carbocycles. The lowest BCUT2D eigenvalue weighted by Crippen LogP contribution is -2.41. The Morgan fingerprint density at radius 3 is 2.38 bits per heavy atom. The van der Waals surface area contributed by atoms with Gasteiger partial charge in [-0.05, 0) is 26.0 Å². The number of ether oxygens (including phenoxy) is 1. The van der Waals surface area contributed by atoms with E-state index in [1.54, 1.807) is 38.1 Å². The number of rotatable bonds is 3. The summed E-state index contributed by atoms with van der Waals surface area (Å²) in [5.41, 5.74) is 1.11. The van der Waals surface area contributed by atoms with Gasteiger partial charge in [-0.25, -0.2) is 8.42 Å². The van der Waals surface area contributed by atoms with Gasteiger partial charge in [0.15, 0.2) is 0 Å². The van der Waals surface area contributed by atoms with Crippen molar-refractivity contribution in [2.75, 3.05) is 26.3 Å². The molecule has 7 nitrogen and oxygen atoms in total. The number of carbonyl (C=O) groups excluding carboxylic acids is 1. The number of aromatic nitrogens is 2. The molecule has 0 N–H and O–H groups in total. The van der Waals surface area contributed by atoms with Gasteiger partial charge < -0.3 is 4.74 Å². The normalized spacial score (nSPS) is 16.2. The van der Waals surface area contributed by atoms with Crippen LogP contribution in [-0.2, 0) is 14.8 Å². The van der Waals surface area contributed by atoms with Crippen LogP contribution in [0.5, 0.6) is 0 Å². The molecule has 0 bridgehead atoms. The van der Waals surface area contributed by atoms with E-state index in [0.717, 1.165) is 4.68 Å². The van der Waals surface area contributed by atoms with Crippen LogP contribution in [0.4, 0.5) is 0 Å². The van der Waals surface area contributed by atoms with Crippen LogP contribution in [0.2, 0.25) is 0 Å². The van der Waals surface area contributed by atoms with Gasteiger partial charge in [0.25, 0.3) is 5.91 Å². The summed E-state index contributed by atoms with van der Waals surface area (Å²) >= 11 is 0. The molecule has 128 valence electrons. The van der Waals surface area contributed by atoms with Crippen molar-refractivity contribution in [3.05, 3.63) is 47.3 Å². The monoisotopic (exact) mass is 349 g/mol. The summed E-state index contributed by atoms with van der Waals surface area (Å²) in [7, 11) is -3.70. The number of hydrogen-bond donors (Lipinski definition) is 0. The molecule has 0 aliphatic carbocycles. The zero-order valence-electron chi connectivity index (χ0n) is 13.6. The first-order chi connectivity index (χ1) is 11.4. The van der Waals surface area contributed by atoms with Gasteiger partial charge >= 0.3 is 0 Å². The number of sulfonamides is 1. The van der Waals surface area contributed by atoms with E-state index < -0.39 is 10.0 Å². The van der Waals surface area contributed by atoms with E-state index in [4.69, 9.17) is 4.74 Å². The molecule has 1 aromatic heterocycles. The molecule has 1 fully saturated rings. The maximum atomic E-state index is 12.9. The maximum absolute atomic E-state index is 12.9. The zero-order valence-corrected chi connectivity index (χ0v) is 14.4. The van der Waals surface area contributed by atoms with Gasteiger partial charge in [0.1, 0.15) is 4.90 Å². The molecule has 1 aliphatic heterocycles. The first-order valence-corrected chi connectivity index (χ1v) is 9.11. The lowest BCUT2D eigenvalue weighted by molar-refractivity contribution is 0.0730. The highest BCUT2D eigenvalue weighted by atomic mass is 32.2. The standard InChI is InChI=1S/C16H19N3O4S/c1-12-15(24(21,22)18-8-10-23-11-9-18)13(2)19(17-12)16(20)14-6-4-3-5-7-14/h3-7H,8-11H2,1-2H3. The van der Waals surface area contributed by atoms with Crippen LogP contribution < -0.4 is 0 Å². The summed E-state index contributed by atoms with van der Waals surface area (Å²) < 4.78 is 33.6. The van der Waals surface area contributed by atoms with Crippen LogP contribution in [-0.4, -0.2) is 54.7 Å². The molecule has 2 heterocycles. The SMILES string of the molecule is Cc1nn(C(=O)c2ccccc2)c(C)c1S(=O)(=O)N1CCOCC1. The zero-order chi connectivity index (χ0) is 17.3. The average Bonchev–Trinajstić information content (AvgIpc) is 2.91. The first kappa shape index (κ1) is 16.8. The molecule has 0 radical (unpaired) electrons. The fourth-order valence-electron chi connectivity index (χ4n) is 2.82. The minimum Gasteiger partial charge on any atom is -0.379 e. The van der Waals surface area contributed by atoms with Crippen molar-refractivity contribution < 1.29 is 17.9 Å². The van der Waals surface area contributed by atoms with Gasteiger partial charge in [-0.1, -0.05) is 18.2 Å². The average molecular weight is 349 g/mol. The third-order valence-electron chi connectivity index (χ3n) is 4.01. The van der Waals surface area contributed by atoms with E-state index in [0.29, 0.717) is 43.3 Å². The van der Waals surface area contributed by atoms with Crippen LogP contribution >= 0.6 is 0 Å². The van der Waals surface area contributed by atoms with E-state index in [9.17, 15) is 13.2 Å². The Hall–Kier alpha value is -2.03. The molecule has 0 spiro atoms. The molecular formula is C16H19N3O4S. The van der Waals surface area contributed by atoms with Crippen LogP contribution in [0.1, 0.15) is 21.7 Å². The van der Waals surface area contributed by atoms with Crippen molar-refractivity contribution in [3.8, 4) is 0 Å². The first-order valence-electron chi connectivity index (χ1n) is 7.67. The van der Waals surface area contributed by atoms with Crippen molar-refractivity contribution in [2.24, 2.45) is 0 Å². The Labute approximate surface area is 140 Å². The molecule has 0 atom stereocenters. The van der Waals surface area contributed by atoms with Gasteiger partial charge in [-0.3, -0.25) is 4.79 Å². The molecule has 3 rings (SSSR count). The molecule has 24 heavy (non-hydrogen) atoms. The number of carbonyl (C=O) groups is 1. The number of benzene rings is 1. The minimum absolute atomic E-state index is 0.105. The second-order valence-corrected chi connectivity index (χ2v) is 7.47. The highest BCUT2D eigenvalue weighted by Gasteiger charge is 2.33. The molecule has 1 aliphatic rings. The summed E-state index contributed by atoms with van der Waals surface area (Å²) in [5, 5.41) is 4.18. The van der Waals surface area contributed by atoms with Crippen LogP contribution in [0.3, 0.4) is 0 Å². The van der Waals surface area contributed by atoms with Crippen molar-refractivity contribution in [2.45, 2.75) is 18.7 Å². The van der Waals surface area contributed by atoms with Gasteiger partial charge in [0.05, 0.1) is 24.6 Å². The molecular weight excluding hydrogens is 330 g/mol. The van der Waals surface area contributed by atoms with E-state index >= 15 is 0 Å². The van der Waals surface area contributed by atoms with Crippen molar-refractivity contribution in [1.29, 1.82) is 0 Å². The van der Waals surface area contributed by atoms with Crippen LogP contribution in [0, 0.1) is 13.8 Å². The topological polar surface area (TPSA) is 81.5 Å². The fraction of sp³-hybridized carbons (Fsp3) is 0.375. The summed E-state index contributed by atoms with van der Waals surface area (Å²) in [6, 6.07) is 8.67. The smallest absolute Gasteiger partial charge is 0.278 e.